The maximum atomic E-state index is 9.85. The summed E-state index contributed by atoms with van der Waals surface area (Å²) in [5.41, 5.74) is 4.71. The van der Waals surface area contributed by atoms with E-state index < -0.39 is 0 Å². The number of para-hydroxylation sites is 1. The summed E-state index contributed by atoms with van der Waals surface area (Å²) >= 11 is 0. The smallest absolute Gasteiger partial charge is 0.116 e. The zero-order valence-corrected chi connectivity index (χ0v) is 15.1. The number of benzene rings is 3. The van der Waals surface area contributed by atoms with Gasteiger partial charge in [-0.3, -0.25) is 0 Å². The highest BCUT2D eigenvalue weighted by Crippen LogP contribution is 2.32. The normalized spacial score (nSPS) is 10.2. The number of phenolic OH excluding ortho intramolecular Hbond substituents is 1. The van der Waals surface area contributed by atoms with Crippen LogP contribution in [0.15, 0.2) is 84.9 Å². The summed E-state index contributed by atoms with van der Waals surface area (Å²) in [5, 5.41) is 14.2. The van der Waals surface area contributed by atoms with Crippen LogP contribution in [-0.4, -0.2) is 10.1 Å². The molecule has 25 heavy (non-hydrogen) atoms. The molecule has 1 aromatic heterocycles. The molecular weight excluding hydrogens is 376 g/mol. The van der Waals surface area contributed by atoms with Crippen LogP contribution in [-0.2, 0) is 0 Å². The SMILES string of the molecule is Br.Oc1ccc2nc(-c3ccccc3)cc(Nc3ccccc3)c2c1. The van der Waals surface area contributed by atoms with E-state index in [9.17, 15) is 5.11 Å². The van der Waals surface area contributed by atoms with Gasteiger partial charge in [0.1, 0.15) is 5.75 Å². The molecule has 0 bridgehead atoms. The Morgan fingerprint density at radius 2 is 1.44 bits per heavy atom. The first kappa shape index (κ1) is 17.0. The standard InChI is InChI=1S/C21H16N2O.BrH/c24-17-11-12-19-18(13-17)21(22-16-9-5-2-6-10-16)14-20(23-19)15-7-3-1-4-8-15;/h1-14,24H,(H,22,23);1H. The van der Waals surface area contributed by atoms with Gasteiger partial charge in [0.2, 0.25) is 0 Å². The summed E-state index contributed by atoms with van der Waals surface area (Å²) in [6.07, 6.45) is 0. The van der Waals surface area contributed by atoms with Crippen molar-refractivity contribution in [2.45, 2.75) is 0 Å². The fourth-order valence-electron chi connectivity index (χ4n) is 2.75. The maximum Gasteiger partial charge on any atom is 0.116 e. The first-order chi connectivity index (χ1) is 11.8. The van der Waals surface area contributed by atoms with Crippen molar-refractivity contribution in [1.82, 2.24) is 4.98 Å². The summed E-state index contributed by atoms with van der Waals surface area (Å²) in [5.74, 6) is 0.230. The number of aromatic nitrogens is 1. The fourth-order valence-corrected chi connectivity index (χ4v) is 2.75. The van der Waals surface area contributed by atoms with Crippen LogP contribution in [0.5, 0.6) is 5.75 Å². The Labute approximate surface area is 156 Å². The van der Waals surface area contributed by atoms with Crippen LogP contribution in [0.4, 0.5) is 11.4 Å². The molecule has 0 spiro atoms. The van der Waals surface area contributed by atoms with Gasteiger partial charge in [0, 0.05) is 16.6 Å². The fraction of sp³-hybridized carbons (Fsp3) is 0. The van der Waals surface area contributed by atoms with Gasteiger partial charge in [-0.15, -0.1) is 17.0 Å². The molecule has 2 N–H and O–H groups in total. The lowest BCUT2D eigenvalue weighted by molar-refractivity contribution is 0.476. The first-order valence-corrected chi connectivity index (χ1v) is 7.81. The highest BCUT2D eigenvalue weighted by molar-refractivity contribution is 8.93. The lowest BCUT2D eigenvalue weighted by Crippen LogP contribution is -1.95. The van der Waals surface area contributed by atoms with Gasteiger partial charge in [-0.25, -0.2) is 4.98 Å². The van der Waals surface area contributed by atoms with Crippen LogP contribution >= 0.6 is 17.0 Å². The van der Waals surface area contributed by atoms with Crippen LogP contribution in [0.3, 0.4) is 0 Å². The van der Waals surface area contributed by atoms with Gasteiger partial charge in [-0.05, 0) is 36.4 Å². The zero-order chi connectivity index (χ0) is 16.4. The molecule has 0 saturated heterocycles. The lowest BCUT2D eigenvalue weighted by atomic mass is 10.1. The molecular formula is C21H17BrN2O. The Morgan fingerprint density at radius 1 is 0.760 bits per heavy atom. The van der Waals surface area contributed by atoms with Crippen molar-refractivity contribution in [2.24, 2.45) is 0 Å². The first-order valence-electron chi connectivity index (χ1n) is 7.81. The lowest BCUT2D eigenvalue weighted by Gasteiger charge is -2.12. The number of nitrogens with zero attached hydrogens (tertiary/aromatic N) is 1. The Bertz CT molecular complexity index is 989. The van der Waals surface area contributed by atoms with Crippen LogP contribution in [0.25, 0.3) is 22.2 Å². The molecule has 0 aliphatic rings. The van der Waals surface area contributed by atoms with E-state index in [4.69, 9.17) is 4.98 Å². The second-order valence-corrected chi connectivity index (χ2v) is 5.61. The van der Waals surface area contributed by atoms with Crippen molar-refractivity contribution >= 4 is 39.3 Å². The molecule has 4 aromatic rings. The molecule has 0 saturated carbocycles. The number of nitrogens with one attached hydrogen (secondary N) is 1. The van der Waals surface area contributed by atoms with Crippen LogP contribution < -0.4 is 5.32 Å². The van der Waals surface area contributed by atoms with Crippen molar-refractivity contribution in [2.75, 3.05) is 5.32 Å². The van der Waals surface area contributed by atoms with Gasteiger partial charge in [-0.2, -0.15) is 0 Å². The molecule has 0 unspecified atom stereocenters. The minimum absolute atomic E-state index is 0. The predicted molar refractivity (Wildman–Crippen MR) is 109 cm³/mol. The number of phenols is 1. The number of fused-ring (bicyclic) bond motifs is 1. The number of rotatable bonds is 3. The molecule has 0 aliphatic carbocycles. The molecule has 0 atom stereocenters. The topological polar surface area (TPSA) is 45.2 Å². The molecule has 4 rings (SSSR count). The summed E-state index contributed by atoms with van der Waals surface area (Å²) in [4.78, 5) is 4.74. The van der Waals surface area contributed by atoms with Gasteiger partial charge < -0.3 is 10.4 Å². The maximum absolute atomic E-state index is 9.85. The number of anilines is 2. The predicted octanol–water partition coefficient (Wildman–Crippen LogP) is 5.93. The van der Waals surface area contributed by atoms with Crippen LogP contribution in [0.2, 0.25) is 0 Å². The van der Waals surface area contributed by atoms with E-state index in [1.165, 1.54) is 0 Å². The number of pyridine rings is 1. The number of aromatic hydroxyl groups is 1. The molecule has 0 amide bonds. The van der Waals surface area contributed by atoms with E-state index in [0.717, 1.165) is 33.5 Å². The van der Waals surface area contributed by atoms with Crippen LogP contribution in [0, 0.1) is 0 Å². The van der Waals surface area contributed by atoms with Crippen molar-refractivity contribution in [3.63, 3.8) is 0 Å². The summed E-state index contributed by atoms with van der Waals surface area (Å²) < 4.78 is 0. The highest BCUT2D eigenvalue weighted by Gasteiger charge is 2.09. The van der Waals surface area contributed by atoms with E-state index in [1.54, 1.807) is 12.1 Å². The highest BCUT2D eigenvalue weighted by atomic mass is 79.9. The Kier molecular flexibility index (Phi) is 5.00. The third kappa shape index (κ3) is 3.64. The second kappa shape index (κ2) is 7.36. The minimum Gasteiger partial charge on any atom is -0.508 e. The largest absolute Gasteiger partial charge is 0.508 e. The second-order valence-electron chi connectivity index (χ2n) is 5.61. The van der Waals surface area contributed by atoms with Gasteiger partial charge in [0.25, 0.3) is 0 Å². The van der Waals surface area contributed by atoms with Crippen molar-refractivity contribution in [3.05, 3.63) is 84.9 Å². The number of halogens is 1. The van der Waals surface area contributed by atoms with Crippen molar-refractivity contribution in [3.8, 4) is 17.0 Å². The van der Waals surface area contributed by atoms with Gasteiger partial charge >= 0.3 is 0 Å². The van der Waals surface area contributed by atoms with E-state index >= 15 is 0 Å². The van der Waals surface area contributed by atoms with E-state index in [2.05, 4.69) is 5.32 Å². The van der Waals surface area contributed by atoms with Crippen LogP contribution in [0.1, 0.15) is 0 Å². The minimum atomic E-state index is 0. The molecule has 3 nitrogen and oxygen atoms in total. The monoisotopic (exact) mass is 392 g/mol. The third-order valence-electron chi connectivity index (χ3n) is 3.91. The molecule has 0 radical (unpaired) electrons. The molecule has 0 aliphatic heterocycles. The molecule has 3 aromatic carbocycles. The summed E-state index contributed by atoms with van der Waals surface area (Å²) in [6, 6.07) is 27.3. The Hall–Kier alpha value is -2.85. The van der Waals surface area contributed by atoms with Gasteiger partial charge in [0.15, 0.2) is 0 Å². The van der Waals surface area contributed by atoms with Gasteiger partial charge in [0.05, 0.1) is 16.9 Å². The summed E-state index contributed by atoms with van der Waals surface area (Å²) in [7, 11) is 0. The van der Waals surface area contributed by atoms with Crippen molar-refractivity contribution in [1.29, 1.82) is 0 Å². The quantitative estimate of drug-likeness (QED) is 0.454. The third-order valence-corrected chi connectivity index (χ3v) is 3.91. The summed E-state index contributed by atoms with van der Waals surface area (Å²) in [6.45, 7) is 0. The molecule has 0 fully saturated rings. The van der Waals surface area contributed by atoms with Crippen molar-refractivity contribution < 1.29 is 5.11 Å². The number of hydrogen-bond donors (Lipinski definition) is 2. The van der Waals surface area contributed by atoms with Gasteiger partial charge in [-0.1, -0.05) is 48.5 Å². The molecule has 124 valence electrons. The van der Waals surface area contributed by atoms with E-state index in [-0.39, 0.29) is 22.7 Å². The Morgan fingerprint density at radius 3 is 2.16 bits per heavy atom. The average molecular weight is 393 g/mol. The van der Waals surface area contributed by atoms with E-state index in [0.29, 0.717) is 0 Å². The Balaban J connectivity index is 0.00000182. The number of hydrogen-bond acceptors (Lipinski definition) is 3. The zero-order valence-electron chi connectivity index (χ0n) is 13.4. The van der Waals surface area contributed by atoms with E-state index in [1.807, 2.05) is 72.8 Å². The average Bonchev–Trinajstić information content (AvgIpc) is 2.63. The molecule has 1 heterocycles. The molecule has 4 heteroatoms.